The molecule has 0 fully saturated rings. The maximum atomic E-state index is 12.1. The molecule has 0 aliphatic carbocycles. The van der Waals surface area contributed by atoms with Crippen LogP contribution < -0.4 is 5.43 Å². The highest BCUT2D eigenvalue weighted by Crippen LogP contribution is 2.17. The summed E-state index contributed by atoms with van der Waals surface area (Å²) in [5.41, 5.74) is 1.03. The minimum Gasteiger partial charge on any atom is -0.437 e. The fourth-order valence-electron chi connectivity index (χ4n) is 1.78. The van der Waals surface area contributed by atoms with Gasteiger partial charge in [-0.3, -0.25) is 9.59 Å². The van der Waals surface area contributed by atoms with Gasteiger partial charge in [0.1, 0.15) is 11.9 Å². The summed E-state index contributed by atoms with van der Waals surface area (Å²) in [5, 5.41) is 0.818. The number of rotatable bonds is 1. The molecule has 0 bridgehead atoms. The predicted molar refractivity (Wildman–Crippen MR) is 63.2 cm³/mol. The number of carbonyl (C=O) groups excluding carboxylic acids is 1. The van der Waals surface area contributed by atoms with Crippen LogP contribution in [0, 0.1) is 0 Å². The van der Waals surface area contributed by atoms with Gasteiger partial charge in [0.15, 0.2) is 0 Å². The average Bonchev–Trinajstić information content (AvgIpc) is 2.39. The number of fused-ring (bicyclic) bond motifs is 2. The molecule has 1 aromatic carbocycles. The van der Waals surface area contributed by atoms with Crippen molar-refractivity contribution in [2.75, 3.05) is 0 Å². The number of carbonyl (C=O) groups is 1. The molecule has 3 aromatic rings. The zero-order chi connectivity index (χ0) is 11.8. The van der Waals surface area contributed by atoms with E-state index in [4.69, 9.17) is 4.42 Å². The van der Waals surface area contributed by atoms with Gasteiger partial charge in [0.25, 0.3) is 0 Å². The monoisotopic (exact) mass is 225 g/mol. The quantitative estimate of drug-likeness (QED) is 0.470. The first kappa shape index (κ1) is 9.72. The molecular formula is C13H7NO3. The minimum absolute atomic E-state index is 0.168. The Morgan fingerprint density at radius 1 is 1.18 bits per heavy atom. The van der Waals surface area contributed by atoms with E-state index in [-0.39, 0.29) is 5.43 Å². The van der Waals surface area contributed by atoms with Crippen LogP contribution in [0.15, 0.2) is 45.7 Å². The maximum absolute atomic E-state index is 12.1. The minimum atomic E-state index is -0.168. The Hall–Kier alpha value is -2.49. The Balaban J connectivity index is 2.55. The van der Waals surface area contributed by atoms with Crippen molar-refractivity contribution in [1.82, 2.24) is 4.98 Å². The predicted octanol–water partition coefficient (Wildman–Crippen LogP) is 2.15. The van der Waals surface area contributed by atoms with Crippen LogP contribution in [-0.4, -0.2) is 11.3 Å². The number of hydrogen-bond donors (Lipinski definition) is 0. The summed E-state index contributed by atoms with van der Waals surface area (Å²) >= 11 is 0. The Kier molecular flexibility index (Phi) is 2.01. The normalized spacial score (nSPS) is 10.8. The maximum Gasteiger partial charge on any atom is 0.230 e. The Bertz CT molecular complexity index is 789. The third-order valence-electron chi connectivity index (χ3n) is 2.61. The van der Waals surface area contributed by atoms with E-state index in [1.807, 2.05) is 0 Å². The number of aromatic nitrogens is 1. The highest BCUT2D eigenvalue weighted by atomic mass is 16.3. The number of nitrogens with zero attached hydrogens (tertiary/aromatic N) is 1. The third kappa shape index (κ3) is 1.42. The summed E-state index contributed by atoms with van der Waals surface area (Å²) in [6.45, 7) is 0. The van der Waals surface area contributed by atoms with Crippen molar-refractivity contribution in [2.24, 2.45) is 0 Å². The van der Waals surface area contributed by atoms with Crippen molar-refractivity contribution in [1.29, 1.82) is 0 Å². The zero-order valence-corrected chi connectivity index (χ0v) is 8.71. The summed E-state index contributed by atoms with van der Waals surface area (Å²) in [7, 11) is 0. The number of pyridine rings is 1. The molecule has 0 radical (unpaired) electrons. The SMILES string of the molecule is O=Cc1ccc2oc3ncccc3c(=O)c2c1. The largest absolute Gasteiger partial charge is 0.437 e. The van der Waals surface area contributed by atoms with Gasteiger partial charge >= 0.3 is 0 Å². The second-order valence-corrected chi connectivity index (χ2v) is 3.66. The van der Waals surface area contributed by atoms with Gasteiger partial charge in [0.2, 0.25) is 11.1 Å². The summed E-state index contributed by atoms with van der Waals surface area (Å²) in [6, 6.07) is 8.07. The second-order valence-electron chi connectivity index (χ2n) is 3.66. The molecular weight excluding hydrogens is 218 g/mol. The van der Waals surface area contributed by atoms with Gasteiger partial charge in [0, 0.05) is 11.8 Å². The molecule has 2 heterocycles. The number of aldehydes is 1. The van der Waals surface area contributed by atoms with E-state index >= 15 is 0 Å². The molecule has 2 aromatic heterocycles. The second kappa shape index (κ2) is 3.52. The van der Waals surface area contributed by atoms with Crippen LogP contribution in [0.25, 0.3) is 22.1 Å². The third-order valence-corrected chi connectivity index (χ3v) is 2.61. The highest BCUT2D eigenvalue weighted by molar-refractivity contribution is 5.91. The van der Waals surface area contributed by atoms with Crippen molar-refractivity contribution in [3.05, 3.63) is 52.3 Å². The molecule has 0 N–H and O–H groups in total. The first-order chi connectivity index (χ1) is 8.29. The molecule has 3 rings (SSSR count). The first-order valence-electron chi connectivity index (χ1n) is 5.06. The molecule has 0 aliphatic heterocycles. The van der Waals surface area contributed by atoms with Crippen LogP contribution in [0.3, 0.4) is 0 Å². The van der Waals surface area contributed by atoms with Gasteiger partial charge in [0.05, 0.1) is 10.8 Å². The van der Waals surface area contributed by atoms with Gasteiger partial charge in [-0.15, -0.1) is 0 Å². The van der Waals surface area contributed by atoms with Crippen molar-refractivity contribution in [3.63, 3.8) is 0 Å². The van der Waals surface area contributed by atoms with Crippen molar-refractivity contribution >= 4 is 28.4 Å². The standard InChI is InChI=1S/C13H7NO3/c15-7-8-3-4-11-10(6-8)12(16)9-2-1-5-14-13(9)17-11/h1-7H. The van der Waals surface area contributed by atoms with Crippen LogP contribution in [0.1, 0.15) is 10.4 Å². The van der Waals surface area contributed by atoms with E-state index in [1.54, 1.807) is 30.5 Å². The fraction of sp³-hybridized carbons (Fsp3) is 0. The summed E-state index contributed by atoms with van der Waals surface area (Å²) in [6.07, 6.45) is 2.27. The van der Waals surface area contributed by atoms with Crippen LogP contribution in [0.4, 0.5) is 0 Å². The van der Waals surface area contributed by atoms with E-state index in [0.29, 0.717) is 33.9 Å². The van der Waals surface area contributed by atoms with Gasteiger partial charge in [-0.1, -0.05) is 0 Å². The van der Waals surface area contributed by atoms with Crippen molar-refractivity contribution in [3.8, 4) is 0 Å². The summed E-state index contributed by atoms with van der Waals surface area (Å²) < 4.78 is 5.50. The smallest absolute Gasteiger partial charge is 0.230 e. The molecule has 0 aliphatic rings. The first-order valence-corrected chi connectivity index (χ1v) is 5.06. The lowest BCUT2D eigenvalue weighted by atomic mass is 10.1. The topological polar surface area (TPSA) is 60.2 Å². The van der Waals surface area contributed by atoms with Crippen LogP contribution >= 0.6 is 0 Å². The van der Waals surface area contributed by atoms with E-state index in [2.05, 4.69) is 4.98 Å². The van der Waals surface area contributed by atoms with E-state index < -0.39 is 0 Å². The molecule has 0 unspecified atom stereocenters. The van der Waals surface area contributed by atoms with Crippen molar-refractivity contribution < 1.29 is 9.21 Å². The van der Waals surface area contributed by atoms with Gasteiger partial charge in [-0.2, -0.15) is 0 Å². The molecule has 82 valence electrons. The van der Waals surface area contributed by atoms with E-state index in [0.717, 1.165) is 0 Å². The zero-order valence-electron chi connectivity index (χ0n) is 8.71. The molecule has 0 atom stereocenters. The number of benzene rings is 1. The van der Waals surface area contributed by atoms with Crippen molar-refractivity contribution in [2.45, 2.75) is 0 Å². The molecule has 17 heavy (non-hydrogen) atoms. The lowest BCUT2D eigenvalue weighted by Crippen LogP contribution is -2.03. The van der Waals surface area contributed by atoms with Crippen LogP contribution in [-0.2, 0) is 0 Å². The average molecular weight is 225 g/mol. The summed E-state index contributed by atoms with van der Waals surface area (Å²) in [5.74, 6) is 0. The molecule has 4 nitrogen and oxygen atoms in total. The summed E-state index contributed by atoms with van der Waals surface area (Å²) in [4.78, 5) is 26.8. The van der Waals surface area contributed by atoms with E-state index in [9.17, 15) is 9.59 Å². The molecule has 0 spiro atoms. The molecule has 0 amide bonds. The lowest BCUT2D eigenvalue weighted by molar-refractivity contribution is 0.112. The Morgan fingerprint density at radius 2 is 2.06 bits per heavy atom. The molecule has 4 heteroatoms. The van der Waals surface area contributed by atoms with Gasteiger partial charge < -0.3 is 4.42 Å². The molecule has 0 saturated carbocycles. The van der Waals surface area contributed by atoms with Gasteiger partial charge in [-0.25, -0.2) is 4.98 Å². The highest BCUT2D eigenvalue weighted by Gasteiger charge is 2.08. The van der Waals surface area contributed by atoms with Crippen LogP contribution in [0.5, 0.6) is 0 Å². The fourth-order valence-corrected chi connectivity index (χ4v) is 1.78. The molecule has 0 saturated heterocycles. The van der Waals surface area contributed by atoms with Crippen LogP contribution in [0.2, 0.25) is 0 Å². The van der Waals surface area contributed by atoms with Gasteiger partial charge in [-0.05, 0) is 30.3 Å². The van der Waals surface area contributed by atoms with E-state index in [1.165, 1.54) is 6.07 Å². The number of hydrogen-bond acceptors (Lipinski definition) is 4. The Labute approximate surface area is 95.5 Å². The lowest BCUT2D eigenvalue weighted by Gasteiger charge is -2.00. The Morgan fingerprint density at radius 3 is 2.88 bits per heavy atom.